The Kier molecular flexibility index (Phi) is 11.6. The highest BCUT2D eigenvalue weighted by Gasteiger charge is 2.25. The summed E-state index contributed by atoms with van der Waals surface area (Å²) in [5.41, 5.74) is 14.5. The van der Waals surface area contributed by atoms with E-state index in [-0.39, 0.29) is 33.8 Å². The molecule has 0 aliphatic heterocycles. The third-order valence-electron chi connectivity index (χ3n) is 14.7. The van der Waals surface area contributed by atoms with E-state index in [9.17, 15) is 15.8 Å². The molecule has 80 heavy (non-hydrogen) atoms. The molecule has 0 aliphatic carbocycles. The predicted molar refractivity (Wildman–Crippen MR) is 316 cm³/mol. The van der Waals surface area contributed by atoms with Crippen LogP contribution < -0.4 is 0 Å². The van der Waals surface area contributed by atoms with Crippen molar-refractivity contribution in [2.45, 2.75) is 0 Å². The molecule has 366 valence electrons. The molecule has 0 N–H and O–H groups in total. The molecular weight excluding hydrogens is 981 g/mol. The summed E-state index contributed by atoms with van der Waals surface area (Å²) in [7, 11) is 0. The Bertz CT molecular complexity index is 4690. The lowest BCUT2D eigenvalue weighted by Gasteiger charge is -2.20. The van der Waals surface area contributed by atoms with Gasteiger partial charge >= 0.3 is 0 Å². The summed E-state index contributed by atoms with van der Waals surface area (Å²) >= 11 is 0. The lowest BCUT2D eigenvalue weighted by molar-refractivity contribution is 1.15. The summed E-state index contributed by atoms with van der Waals surface area (Å²) in [5.74, 6) is 0.531. The molecule has 0 spiro atoms. The minimum absolute atomic E-state index is 0.165. The lowest BCUT2D eigenvalue weighted by Crippen LogP contribution is -2.03. The smallest absolute Gasteiger partial charge is 0.197 e. The van der Waals surface area contributed by atoms with Crippen LogP contribution in [0, 0.1) is 53.7 Å². The fraction of sp³-hybridized carbons (Fsp3) is 0. The van der Waals surface area contributed by atoms with Crippen LogP contribution in [-0.2, 0) is 0 Å². The second-order valence-electron chi connectivity index (χ2n) is 19.1. The molecule has 13 aromatic rings. The van der Waals surface area contributed by atoms with Crippen LogP contribution in [0.25, 0.3) is 137 Å². The second kappa shape index (κ2) is 19.5. The SMILES string of the molecule is [C-]#[N+]c1cc(C#N)c(-c2ccc3c(c2)c2cc(-c4c(C#N)cc(C#N)cc4[N+]#[C-])ccc2n3-c2ccc(-c3nc(-c4ccccc4)cc(-c4ccccc4)n3)cc2-c2ccccc2-n2c3ccccc3c3ccccc32)c([N+]#[C-])c1. The van der Waals surface area contributed by atoms with Gasteiger partial charge < -0.3 is 9.13 Å². The quantitative estimate of drug-likeness (QED) is 0.140. The van der Waals surface area contributed by atoms with E-state index in [0.29, 0.717) is 28.1 Å². The molecule has 3 aromatic heterocycles. The zero-order valence-electron chi connectivity index (χ0n) is 42.3. The second-order valence-corrected chi connectivity index (χ2v) is 19.1. The van der Waals surface area contributed by atoms with Crippen molar-refractivity contribution in [3.05, 3.63) is 269 Å². The number of hydrogen-bond acceptors (Lipinski definition) is 5. The molecule has 0 atom stereocenters. The number of nitrogens with zero attached hydrogens (tertiary/aromatic N) is 10. The van der Waals surface area contributed by atoms with Gasteiger partial charge in [-0.15, -0.1) is 0 Å². The van der Waals surface area contributed by atoms with Gasteiger partial charge in [-0.05, 0) is 96.1 Å². The molecule has 0 unspecified atom stereocenters. The van der Waals surface area contributed by atoms with E-state index in [4.69, 9.17) is 29.7 Å². The van der Waals surface area contributed by atoms with Crippen LogP contribution in [0.2, 0.25) is 0 Å². The molecule has 0 radical (unpaired) electrons. The minimum Gasteiger partial charge on any atom is -0.309 e. The van der Waals surface area contributed by atoms with Crippen LogP contribution in [0.5, 0.6) is 0 Å². The van der Waals surface area contributed by atoms with Gasteiger partial charge in [0, 0.05) is 71.6 Å². The van der Waals surface area contributed by atoms with Gasteiger partial charge in [-0.25, -0.2) is 24.5 Å². The summed E-state index contributed by atoms with van der Waals surface area (Å²) in [6.07, 6.45) is 0. The minimum atomic E-state index is 0.165. The summed E-state index contributed by atoms with van der Waals surface area (Å²) < 4.78 is 4.53. The molecule has 0 amide bonds. The zero-order chi connectivity index (χ0) is 54.4. The molecular formula is C70H36N10. The lowest BCUT2D eigenvalue weighted by atomic mass is 9.94. The van der Waals surface area contributed by atoms with Crippen LogP contribution in [0.1, 0.15) is 16.7 Å². The highest BCUT2D eigenvalue weighted by molar-refractivity contribution is 6.14. The molecule has 10 heteroatoms. The normalized spacial score (nSPS) is 10.9. The number of aromatic nitrogens is 4. The summed E-state index contributed by atoms with van der Waals surface area (Å²) in [5, 5.41) is 34.6. The summed E-state index contributed by atoms with van der Waals surface area (Å²) in [4.78, 5) is 21.8. The van der Waals surface area contributed by atoms with E-state index < -0.39 is 0 Å². The van der Waals surface area contributed by atoms with Crippen LogP contribution in [0.15, 0.2) is 218 Å². The molecule has 0 fully saturated rings. The Balaban J connectivity index is 1.14. The first-order valence-corrected chi connectivity index (χ1v) is 25.4. The van der Waals surface area contributed by atoms with Crippen molar-refractivity contribution in [3.8, 4) is 96.9 Å². The van der Waals surface area contributed by atoms with Crippen LogP contribution >= 0.6 is 0 Å². The van der Waals surface area contributed by atoms with E-state index in [1.807, 2.05) is 109 Å². The van der Waals surface area contributed by atoms with Gasteiger partial charge in [-0.2, -0.15) is 15.8 Å². The Hall–Kier alpha value is -12.2. The van der Waals surface area contributed by atoms with Crippen LogP contribution in [0.4, 0.5) is 17.1 Å². The molecule has 13 rings (SSSR count). The fourth-order valence-electron chi connectivity index (χ4n) is 11.2. The monoisotopic (exact) mass is 1020 g/mol. The van der Waals surface area contributed by atoms with Gasteiger partial charge in [-0.1, -0.05) is 133 Å². The fourth-order valence-corrected chi connectivity index (χ4v) is 11.2. The third kappa shape index (κ3) is 7.84. The molecule has 0 saturated carbocycles. The van der Waals surface area contributed by atoms with Crippen molar-refractivity contribution in [2.75, 3.05) is 0 Å². The van der Waals surface area contributed by atoms with Crippen molar-refractivity contribution in [1.82, 2.24) is 19.1 Å². The Morgan fingerprint density at radius 1 is 0.362 bits per heavy atom. The maximum atomic E-state index is 10.5. The molecule has 0 saturated heterocycles. The molecule has 0 bridgehead atoms. The van der Waals surface area contributed by atoms with Gasteiger partial charge in [0.05, 0.1) is 88.3 Å². The van der Waals surface area contributed by atoms with E-state index in [1.165, 1.54) is 24.3 Å². The van der Waals surface area contributed by atoms with Crippen LogP contribution in [0.3, 0.4) is 0 Å². The van der Waals surface area contributed by atoms with Crippen molar-refractivity contribution in [2.24, 2.45) is 0 Å². The van der Waals surface area contributed by atoms with Gasteiger partial charge in [0.2, 0.25) is 0 Å². The first-order chi connectivity index (χ1) is 39.4. The molecule has 10 nitrogen and oxygen atoms in total. The number of para-hydroxylation sites is 3. The maximum absolute atomic E-state index is 10.5. The highest BCUT2D eigenvalue weighted by Crippen LogP contribution is 2.46. The first-order valence-electron chi connectivity index (χ1n) is 25.4. The third-order valence-corrected chi connectivity index (χ3v) is 14.7. The standard InChI is InChI=1S/C70H36N10/c1-74-51-34-50(42-73)69(61(38-51)76-3)47-27-30-67-57(36-47)56-35-46(68-49(41-72)32-43(40-71)33-60(68)75-2)26-29-66(56)80(67)65-31-28-48(70-77-58(44-16-6-4-7-17-44)39-59(78-70)45-18-8-5-9-19-45)37-55(65)54-22-12-15-25-64(54)79-62-23-13-10-20-52(62)53-21-11-14-24-63(53)79/h4-39H. The Morgan fingerprint density at radius 3 is 1.40 bits per heavy atom. The first kappa shape index (κ1) is 47.5. The average Bonchev–Trinajstić information content (AvgIpc) is 4.10. The topological polar surface area (TPSA) is 120 Å². The van der Waals surface area contributed by atoms with Gasteiger partial charge in [0.25, 0.3) is 0 Å². The summed E-state index contributed by atoms with van der Waals surface area (Å²) in [6.45, 7) is 24.1. The Labute approximate surface area is 459 Å². The summed E-state index contributed by atoms with van der Waals surface area (Å²) in [6, 6.07) is 78.1. The van der Waals surface area contributed by atoms with E-state index in [0.717, 1.165) is 94.2 Å². The van der Waals surface area contributed by atoms with Crippen molar-refractivity contribution >= 4 is 60.7 Å². The van der Waals surface area contributed by atoms with Crippen molar-refractivity contribution in [3.63, 3.8) is 0 Å². The maximum Gasteiger partial charge on any atom is 0.197 e. The predicted octanol–water partition coefficient (Wildman–Crippen LogP) is 17.9. The highest BCUT2D eigenvalue weighted by atomic mass is 15.0. The number of fused-ring (bicyclic) bond motifs is 6. The number of benzene rings is 10. The molecule has 0 aliphatic rings. The van der Waals surface area contributed by atoms with Gasteiger partial charge in [-0.3, -0.25) is 0 Å². The average molecular weight is 1020 g/mol. The Morgan fingerprint density at radius 2 is 0.850 bits per heavy atom. The van der Waals surface area contributed by atoms with E-state index in [2.05, 4.69) is 127 Å². The van der Waals surface area contributed by atoms with Crippen molar-refractivity contribution in [1.29, 1.82) is 15.8 Å². The van der Waals surface area contributed by atoms with Gasteiger partial charge in [0.1, 0.15) is 0 Å². The van der Waals surface area contributed by atoms with Gasteiger partial charge in [0.15, 0.2) is 22.9 Å². The van der Waals surface area contributed by atoms with E-state index >= 15 is 0 Å². The molecule has 10 aromatic carbocycles. The van der Waals surface area contributed by atoms with Crippen LogP contribution in [-0.4, -0.2) is 19.1 Å². The molecule has 3 heterocycles. The number of hydrogen-bond donors (Lipinski definition) is 0. The zero-order valence-corrected chi connectivity index (χ0v) is 42.3. The number of rotatable bonds is 8. The van der Waals surface area contributed by atoms with Crippen molar-refractivity contribution < 1.29 is 0 Å². The van der Waals surface area contributed by atoms with E-state index in [1.54, 1.807) is 0 Å². The largest absolute Gasteiger partial charge is 0.309 e. The number of nitriles is 3.